The molecule has 2 rings (SSSR count). The maximum absolute atomic E-state index is 10.8. The van der Waals surface area contributed by atoms with E-state index in [4.69, 9.17) is 4.74 Å². The van der Waals surface area contributed by atoms with E-state index in [9.17, 15) is 9.90 Å². The summed E-state index contributed by atoms with van der Waals surface area (Å²) in [4.78, 5) is 14.9. The molecule has 0 atom stereocenters. The maximum atomic E-state index is 10.8. The van der Waals surface area contributed by atoms with Crippen LogP contribution in [0.2, 0.25) is 0 Å². The largest absolute Gasteiger partial charge is 1.00 e. The van der Waals surface area contributed by atoms with Crippen molar-refractivity contribution < 1.29 is 44.2 Å². The first-order valence-electron chi connectivity index (χ1n) is 4.48. The summed E-state index contributed by atoms with van der Waals surface area (Å²) in [6.45, 7) is 0. The van der Waals surface area contributed by atoms with Crippen LogP contribution in [0.5, 0.6) is 5.75 Å². The van der Waals surface area contributed by atoms with Crippen LogP contribution < -0.4 is 39.4 Å². The number of methoxy groups -OCH3 is 1. The molecule has 2 aromatic rings. The predicted octanol–water partition coefficient (Wildman–Crippen LogP) is -3.15. The molecule has 82 valence electrons. The van der Waals surface area contributed by atoms with Gasteiger partial charge < -0.3 is 14.6 Å². The van der Waals surface area contributed by atoms with E-state index in [2.05, 4.69) is 15.2 Å². The molecule has 0 bridgehead atoms. The number of carbonyl (C=O) groups excluding carboxylic acids is 1. The summed E-state index contributed by atoms with van der Waals surface area (Å²) in [5.41, 5.74) is 0.646. The van der Waals surface area contributed by atoms with E-state index >= 15 is 0 Å². The molecule has 0 saturated carbocycles. The van der Waals surface area contributed by atoms with E-state index in [1.807, 2.05) is 0 Å². The van der Waals surface area contributed by atoms with Crippen molar-refractivity contribution >= 4 is 5.97 Å². The maximum Gasteiger partial charge on any atom is 1.00 e. The number of nitrogens with zero attached hydrogens (tertiary/aromatic N) is 2. The van der Waals surface area contributed by atoms with Crippen LogP contribution in [0.1, 0.15) is 10.5 Å². The zero-order chi connectivity index (χ0) is 11.5. The molecule has 0 aliphatic carbocycles. The van der Waals surface area contributed by atoms with Gasteiger partial charge in [-0.15, -0.1) is 0 Å². The fourth-order valence-electron chi connectivity index (χ4n) is 1.38. The standard InChI is InChI=1S/C10H9N3O3.Na/c1-16-7-3-2-4-11-8(7)6-5-12-13-9(6)10(14)15;/h2-5H,1H3,(H,12,13)(H,14,15);/q;+1/p-1. The number of H-pyrrole nitrogens is 1. The summed E-state index contributed by atoms with van der Waals surface area (Å²) in [7, 11) is 1.49. The fraction of sp³-hybridized carbons (Fsp3) is 0.100. The number of ether oxygens (including phenoxy) is 1. The molecule has 6 nitrogen and oxygen atoms in total. The van der Waals surface area contributed by atoms with Gasteiger partial charge in [0.1, 0.15) is 11.4 Å². The minimum absolute atomic E-state index is 0. The number of hydrogen-bond donors (Lipinski definition) is 1. The Labute approximate surface area is 119 Å². The van der Waals surface area contributed by atoms with Gasteiger partial charge in [0.2, 0.25) is 0 Å². The van der Waals surface area contributed by atoms with Crippen molar-refractivity contribution in [2.45, 2.75) is 0 Å². The molecule has 0 aromatic carbocycles. The number of carboxylic acids is 1. The molecular weight excluding hydrogens is 233 g/mol. The predicted molar refractivity (Wildman–Crippen MR) is 52.7 cm³/mol. The summed E-state index contributed by atoms with van der Waals surface area (Å²) < 4.78 is 5.09. The van der Waals surface area contributed by atoms with Crippen molar-refractivity contribution in [2.24, 2.45) is 0 Å². The summed E-state index contributed by atoms with van der Waals surface area (Å²) in [6, 6.07) is 3.38. The number of aromatic amines is 1. The number of nitrogens with one attached hydrogen (secondary N) is 1. The van der Waals surface area contributed by atoms with Gasteiger partial charge in [0.25, 0.3) is 0 Å². The van der Waals surface area contributed by atoms with Crippen LogP contribution in [0.15, 0.2) is 24.5 Å². The molecule has 1 N–H and O–H groups in total. The normalized spacial score (nSPS) is 9.47. The molecule has 0 amide bonds. The molecule has 0 fully saturated rings. The Hall–Kier alpha value is -1.37. The Morgan fingerprint density at radius 2 is 2.29 bits per heavy atom. The van der Waals surface area contributed by atoms with Crippen molar-refractivity contribution in [1.82, 2.24) is 15.2 Å². The topological polar surface area (TPSA) is 90.9 Å². The van der Waals surface area contributed by atoms with Crippen LogP contribution in [0.3, 0.4) is 0 Å². The number of rotatable bonds is 3. The molecule has 0 saturated heterocycles. The summed E-state index contributed by atoms with van der Waals surface area (Å²) >= 11 is 0. The quantitative estimate of drug-likeness (QED) is 0.573. The minimum Gasteiger partial charge on any atom is -0.543 e. The van der Waals surface area contributed by atoms with E-state index in [1.54, 1.807) is 18.3 Å². The molecule has 2 heterocycles. The number of carboxylic acid groups (broad SMARTS) is 1. The summed E-state index contributed by atoms with van der Waals surface area (Å²) in [5, 5.41) is 16.8. The Morgan fingerprint density at radius 1 is 1.53 bits per heavy atom. The monoisotopic (exact) mass is 241 g/mol. The molecule has 0 unspecified atom stereocenters. The average Bonchev–Trinajstić information content (AvgIpc) is 2.77. The van der Waals surface area contributed by atoms with Crippen molar-refractivity contribution in [3.63, 3.8) is 0 Å². The van der Waals surface area contributed by atoms with Gasteiger partial charge >= 0.3 is 29.6 Å². The molecule has 2 aromatic heterocycles. The third-order valence-electron chi connectivity index (χ3n) is 2.09. The van der Waals surface area contributed by atoms with Gasteiger partial charge in [0.05, 0.1) is 30.5 Å². The van der Waals surface area contributed by atoms with Gasteiger partial charge in [-0.2, -0.15) is 5.10 Å². The van der Waals surface area contributed by atoms with Gasteiger partial charge in [0.15, 0.2) is 0 Å². The van der Waals surface area contributed by atoms with Crippen LogP contribution in [-0.2, 0) is 0 Å². The Kier molecular flexibility index (Phi) is 4.68. The molecule has 0 aliphatic heterocycles. The van der Waals surface area contributed by atoms with E-state index in [0.29, 0.717) is 17.0 Å². The molecule has 0 radical (unpaired) electrons. The third kappa shape index (κ3) is 2.66. The van der Waals surface area contributed by atoms with Crippen molar-refractivity contribution in [3.8, 4) is 17.0 Å². The molecule has 7 heteroatoms. The summed E-state index contributed by atoms with van der Waals surface area (Å²) in [5.74, 6) is -0.855. The van der Waals surface area contributed by atoms with Gasteiger partial charge in [-0.1, -0.05) is 0 Å². The first kappa shape index (κ1) is 13.7. The first-order chi connectivity index (χ1) is 7.74. The second-order valence-corrected chi connectivity index (χ2v) is 3.00. The van der Waals surface area contributed by atoms with Gasteiger partial charge in [-0.3, -0.25) is 10.1 Å². The molecule has 0 spiro atoms. The zero-order valence-corrected chi connectivity index (χ0v) is 11.4. The average molecular weight is 241 g/mol. The van der Waals surface area contributed by atoms with Crippen molar-refractivity contribution in [3.05, 3.63) is 30.2 Å². The smallest absolute Gasteiger partial charge is 0.543 e. The van der Waals surface area contributed by atoms with Crippen LogP contribution >= 0.6 is 0 Å². The van der Waals surface area contributed by atoms with Crippen LogP contribution in [0.4, 0.5) is 0 Å². The first-order valence-corrected chi connectivity index (χ1v) is 4.48. The second kappa shape index (κ2) is 5.81. The van der Waals surface area contributed by atoms with Gasteiger partial charge in [-0.25, -0.2) is 0 Å². The SMILES string of the molecule is COc1cccnc1-c1cn[nH]c1C(=O)[O-].[Na+]. The Bertz CT molecular complexity index is 527. The van der Waals surface area contributed by atoms with Crippen LogP contribution in [0, 0.1) is 0 Å². The Morgan fingerprint density at radius 3 is 2.94 bits per heavy atom. The number of carbonyl (C=O) groups is 1. The van der Waals surface area contributed by atoms with E-state index in [1.165, 1.54) is 13.3 Å². The minimum atomic E-state index is -1.33. The van der Waals surface area contributed by atoms with Gasteiger partial charge in [0, 0.05) is 6.20 Å². The van der Waals surface area contributed by atoms with Gasteiger partial charge in [-0.05, 0) is 12.1 Å². The Balaban J connectivity index is 0.00000144. The zero-order valence-electron chi connectivity index (χ0n) is 9.43. The molecule has 0 aliphatic rings. The van der Waals surface area contributed by atoms with E-state index in [0.717, 1.165) is 0 Å². The number of pyridine rings is 1. The second-order valence-electron chi connectivity index (χ2n) is 3.00. The molecular formula is C10H8N3NaO3. The van der Waals surface area contributed by atoms with Crippen LogP contribution in [-0.4, -0.2) is 28.3 Å². The third-order valence-corrected chi connectivity index (χ3v) is 2.09. The fourth-order valence-corrected chi connectivity index (χ4v) is 1.38. The van der Waals surface area contributed by atoms with Crippen LogP contribution in [0.25, 0.3) is 11.3 Å². The number of aromatic nitrogens is 3. The summed E-state index contributed by atoms with van der Waals surface area (Å²) in [6.07, 6.45) is 2.92. The molecule has 17 heavy (non-hydrogen) atoms. The number of hydrogen-bond acceptors (Lipinski definition) is 5. The van der Waals surface area contributed by atoms with Crippen molar-refractivity contribution in [2.75, 3.05) is 7.11 Å². The van der Waals surface area contributed by atoms with Crippen molar-refractivity contribution in [1.29, 1.82) is 0 Å². The van der Waals surface area contributed by atoms with E-state index in [-0.39, 0.29) is 35.3 Å². The van der Waals surface area contributed by atoms with E-state index < -0.39 is 5.97 Å². The number of aromatic carboxylic acids is 1.